The van der Waals surface area contributed by atoms with Gasteiger partial charge in [0.2, 0.25) is 0 Å². The lowest BCUT2D eigenvalue weighted by Crippen LogP contribution is -2.41. The first kappa shape index (κ1) is 18.5. The molecule has 0 spiro atoms. The second kappa shape index (κ2) is 10.0. The molecule has 0 saturated carbocycles. The molecule has 1 fully saturated rings. The Kier molecular flexibility index (Phi) is 7.14. The van der Waals surface area contributed by atoms with Gasteiger partial charge in [-0.05, 0) is 36.5 Å². The van der Waals surface area contributed by atoms with Gasteiger partial charge in [-0.15, -0.1) is 0 Å². The van der Waals surface area contributed by atoms with Gasteiger partial charge in [-0.2, -0.15) is 0 Å². The van der Waals surface area contributed by atoms with E-state index in [0.717, 1.165) is 44.2 Å². The number of nitrogens with zero attached hydrogens (tertiary/aromatic N) is 2. The first-order valence-electron chi connectivity index (χ1n) is 9.43. The average Bonchev–Trinajstić information content (AvgIpc) is 3.34. The smallest absolute Gasteiger partial charge is 0.194 e. The molecule has 0 amide bonds. The Labute approximate surface area is 156 Å². The molecule has 1 atom stereocenters. The zero-order valence-corrected chi connectivity index (χ0v) is 15.6. The van der Waals surface area contributed by atoms with Crippen LogP contribution in [0.3, 0.4) is 0 Å². The van der Waals surface area contributed by atoms with Gasteiger partial charge in [0.15, 0.2) is 5.96 Å². The van der Waals surface area contributed by atoms with Crippen molar-refractivity contribution in [1.29, 1.82) is 0 Å². The lowest BCUT2D eigenvalue weighted by Gasteiger charge is -2.22. The van der Waals surface area contributed by atoms with E-state index in [0.29, 0.717) is 19.1 Å². The molecule has 140 valence electrons. The summed E-state index contributed by atoms with van der Waals surface area (Å²) >= 11 is 0. The molecular formula is C21H29N3O2. The SMILES string of the molecule is COCCN=C(NCCc1ccco1)N1CCC(Cc2ccccc2)C1. The van der Waals surface area contributed by atoms with Crippen molar-refractivity contribution in [2.45, 2.75) is 19.3 Å². The van der Waals surface area contributed by atoms with Crippen LogP contribution in [0.15, 0.2) is 58.1 Å². The van der Waals surface area contributed by atoms with Gasteiger partial charge in [0, 0.05) is 33.2 Å². The highest BCUT2D eigenvalue weighted by Crippen LogP contribution is 2.21. The molecule has 1 N–H and O–H groups in total. The summed E-state index contributed by atoms with van der Waals surface area (Å²) in [6.07, 6.45) is 4.92. The maximum atomic E-state index is 5.41. The first-order chi connectivity index (χ1) is 12.8. The van der Waals surface area contributed by atoms with Gasteiger partial charge < -0.3 is 19.4 Å². The molecule has 0 aliphatic carbocycles. The summed E-state index contributed by atoms with van der Waals surface area (Å²) in [5.74, 6) is 2.66. The largest absolute Gasteiger partial charge is 0.469 e. The van der Waals surface area contributed by atoms with E-state index in [1.54, 1.807) is 13.4 Å². The minimum atomic E-state index is 0.643. The number of ether oxygens (including phenoxy) is 1. The van der Waals surface area contributed by atoms with Crippen molar-refractivity contribution >= 4 is 5.96 Å². The van der Waals surface area contributed by atoms with E-state index in [9.17, 15) is 0 Å². The predicted octanol–water partition coefficient (Wildman–Crippen LogP) is 2.98. The van der Waals surface area contributed by atoms with Gasteiger partial charge in [-0.3, -0.25) is 4.99 Å². The maximum Gasteiger partial charge on any atom is 0.194 e. The van der Waals surface area contributed by atoms with Crippen molar-refractivity contribution < 1.29 is 9.15 Å². The summed E-state index contributed by atoms with van der Waals surface area (Å²) in [5.41, 5.74) is 1.42. The van der Waals surface area contributed by atoms with Crippen molar-refractivity contribution in [2.75, 3.05) is 39.9 Å². The van der Waals surface area contributed by atoms with Crippen LogP contribution >= 0.6 is 0 Å². The van der Waals surface area contributed by atoms with Gasteiger partial charge in [-0.25, -0.2) is 0 Å². The van der Waals surface area contributed by atoms with Crippen LogP contribution in [0, 0.1) is 5.92 Å². The number of hydrogen-bond acceptors (Lipinski definition) is 3. The Morgan fingerprint density at radius 1 is 1.27 bits per heavy atom. The summed E-state index contributed by atoms with van der Waals surface area (Å²) < 4.78 is 10.6. The fraction of sp³-hybridized carbons (Fsp3) is 0.476. The van der Waals surface area contributed by atoms with Crippen molar-refractivity contribution in [1.82, 2.24) is 10.2 Å². The highest BCUT2D eigenvalue weighted by atomic mass is 16.5. The summed E-state index contributed by atoms with van der Waals surface area (Å²) in [7, 11) is 1.71. The average molecular weight is 355 g/mol. The summed E-state index contributed by atoms with van der Waals surface area (Å²) in [6, 6.07) is 14.7. The number of methoxy groups -OCH3 is 1. The summed E-state index contributed by atoms with van der Waals surface area (Å²) in [5, 5.41) is 3.50. The molecule has 1 aromatic heterocycles. The normalized spacial score (nSPS) is 17.7. The van der Waals surface area contributed by atoms with E-state index in [1.807, 2.05) is 12.1 Å². The minimum Gasteiger partial charge on any atom is -0.469 e. The van der Waals surface area contributed by atoms with Gasteiger partial charge in [0.1, 0.15) is 5.76 Å². The Balaban J connectivity index is 1.53. The van der Waals surface area contributed by atoms with Crippen molar-refractivity contribution in [3.8, 4) is 0 Å². The van der Waals surface area contributed by atoms with Crippen molar-refractivity contribution in [3.63, 3.8) is 0 Å². The van der Waals surface area contributed by atoms with E-state index in [1.165, 1.54) is 12.0 Å². The van der Waals surface area contributed by atoms with E-state index in [4.69, 9.17) is 14.1 Å². The fourth-order valence-corrected chi connectivity index (χ4v) is 3.40. The van der Waals surface area contributed by atoms with E-state index < -0.39 is 0 Å². The van der Waals surface area contributed by atoms with E-state index in [2.05, 4.69) is 40.5 Å². The molecule has 1 aromatic carbocycles. The molecule has 1 unspecified atom stereocenters. The van der Waals surface area contributed by atoms with Gasteiger partial charge in [0.05, 0.1) is 19.4 Å². The van der Waals surface area contributed by atoms with Crippen LogP contribution < -0.4 is 5.32 Å². The number of nitrogens with one attached hydrogen (secondary N) is 1. The van der Waals surface area contributed by atoms with Crippen molar-refractivity contribution in [3.05, 3.63) is 60.1 Å². The summed E-state index contributed by atoms with van der Waals surface area (Å²) in [6.45, 7) is 4.24. The molecule has 2 heterocycles. The zero-order chi connectivity index (χ0) is 18.0. The fourth-order valence-electron chi connectivity index (χ4n) is 3.40. The number of hydrogen-bond donors (Lipinski definition) is 1. The standard InChI is InChI=1S/C21H29N3O2/c1-25-15-12-23-21(22-11-9-20-8-5-14-26-20)24-13-10-19(17-24)16-18-6-3-2-4-7-18/h2-8,14,19H,9-13,15-17H2,1H3,(H,22,23). The van der Waals surface area contributed by atoms with Crippen LogP contribution in [0.5, 0.6) is 0 Å². The third kappa shape index (κ3) is 5.63. The molecule has 0 radical (unpaired) electrons. The molecule has 1 aliphatic heterocycles. The van der Waals surface area contributed by atoms with Crippen LogP contribution in [0.1, 0.15) is 17.7 Å². The van der Waals surface area contributed by atoms with Crippen LogP contribution in [-0.2, 0) is 17.6 Å². The quantitative estimate of drug-likeness (QED) is 0.449. The second-order valence-corrected chi connectivity index (χ2v) is 6.74. The second-order valence-electron chi connectivity index (χ2n) is 6.74. The van der Waals surface area contributed by atoms with E-state index >= 15 is 0 Å². The van der Waals surface area contributed by atoms with Gasteiger partial charge in [-0.1, -0.05) is 30.3 Å². The molecular weight excluding hydrogens is 326 g/mol. The topological polar surface area (TPSA) is 50.0 Å². The Morgan fingerprint density at radius 2 is 2.15 bits per heavy atom. The third-order valence-electron chi connectivity index (χ3n) is 4.74. The molecule has 26 heavy (non-hydrogen) atoms. The molecule has 5 nitrogen and oxygen atoms in total. The third-order valence-corrected chi connectivity index (χ3v) is 4.74. The highest BCUT2D eigenvalue weighted by molar-refractivity contribution is 5.80. The van der Waals surface area contributed by atoms with Crippen LogP contribution in [0.4, 0.5) is 0 Å². The predicted molar refractivity (Wildman–Crippen MR) is 104 cm³/mol. The lowest BCUT2D eigenvalue weighted by molar-refractivity contribution is 0.207. The Bertz CT molecular complexity index is 655. The zero-order valence-electron chi connectivity index (χ0n) is 15.6. The van der Waals surface area contributed by atoms with E-state index in [-0.39, 0.29) is 0 Å². The van der Waals surface area contributed by atoms with Crippen LogP contribution in [0.25, 0.3) is 0 Å². The summed E-state index contributed by atoms with van der Waals surface area (Å²) in [4.78, 5) is 7.11. The Morgan fingerprint density at radius 3 is 2.92 bits per heavy atom. The molecule has 0 bridgehead atoms. The minimum absolute atomic E-state index is 0.643. The van der Waals surface area contributed by atoms with Gasteiger partial charge in [0.25, 0.3) is 0 Å². The Hall–Kier alpha value is -2.27. The number of rotatable bonds is 8. The molecule has 1 aliphatic rings. The van der Waals surface area contributed by atoms with Crippen molar-refractivity contribution in [2.24, 2.45) is 10.9 Å². The number of furan rings is 1. The maximum absolute atomic E-state index is 5.41. The highest BCUT2D eigenvalue weighted by Gasteiger charge is 2.25. The number of benzene rings is 1. The van der Waals surface area contributed by atoms with Crippen LogP contribution in [-0.4, -0.2) is 50.8 Å². The first-order valence-corrected chi connectivity index (χ1v) is 9.43. The lowest BCUT2D eigenvalue weighted by atomic mass is 9.99. The number of likely N-dealkylation sites (tertiary alicyclic amines) is 1. The molecule has 1 saturated heterocycles. The number of aliphatic imine (C=N–C) groups is 1. The van der Waals surface area contributed by atoms with Crippen LogP contribution in [0.2, 0.25) is 0 Å². The molecule has 2 aromatic rings. The monoisotopic (exact) mass is 355 g/mol. The van der Waals surface area contributed by atoms with Gasteiger partial charge >= 0.3 is 0 Å². The number of guanidine groups is 1. The molecule has 3 rings (SSSR count). The molecule has 5 heteroatoms.